The van der Waals surface area contributed by atoms with E-state index in [9.17, 15) is 10.1 Å². The molecular formula is C14H17IN2O3S. The molecule has 1 rings (SSSR count). The monoisotopic (exact) mass is 420 g/mol. The van der Waals surface area contributed by atoms with Gasteiger partial charge < -0.3 is 4.74 Å². The van der Waals surface area contributed by atoms with Gasteiger partial charge in [-0.3, -0.25) is 10.1 Å². The zero-order chi connectivity index (χ0) is 16.0. The first-order valence-corrected chi connectivity index (χ1v) is 8.25. The van der Waals surface area contributed by atoms with Gasteiger partial charge in [0.2, 0.25) is 5.75 Å². The van der Waals surface area contributed by atoms with Crippen LogP contribution in [0.1, 0.15) is 32.3 Å². The first kappa shape index (κ1) is 18.0. The van der Waals surface area contributed by atoms with Crippen molar-refractivity contribution in [3.63, 3.8) is 0 Å². The third-order valence-corrected chi connectivity index (χ3v) is 5.18. The second-order valence-corrected chi connectivity index (χ2v) is 6.31. The van der Waals surface area contributed by atoms with E-state index >= 15 is 0 Å². The molecule has 7 heteroatoms. The normalized spacial score (nSPS) is 11.0. The molecule has 0 aliphatic carbocycles. The molecule has 0 amide bonds. The van der Waals surface area contributed by atoms with Crippen LogP contribution in [0.3, 0.4) is 0 Å². The highest BCUT2D eigenvalue weighted by Crippen LogP contribution is 2.36. The Bertz CT molecular complexity index is 560. The highest BCUT2D eigenvalue weighted by molar-refractivity contribution is 14.1. The Balaban J connectivity index is 3.14. The van der Waals surface area contributed by atoms with Gasteiger partial charge in [-0.1, -0.05) is 13.8 Å². The van der Waals surface area contributed by atoms with Gasteiger partial charge in [-0.25, -0.2) is 0 Å². The Kier molecular flexibility index (Phi) is 6.74. The van der Waals surface area contributed by atoms with Crippen LogP contribution in [0.5, 0.6) is 5.75 Å². The molecule has 0 aliphatic heterocycles. The third-order valence-electron chi connectivity index (χ3n) is 3.71. The van der Waals surface area contributed by atoms with Crippen molar-refractivity contribution in [2.45, 2.75) is 26.7 Å². The maximum Gasteiger partial charge on any atom is 0.313 e. The summed E-state index contributed by atoms with van der Waals surface area (Å²) < 4.78 is 6.33. The van der Waals surface area contributed by atoms with E-state index in [2.05, 4.69) is 26.5 Å². The molecule has 0 aromatic heterocycles. The van der Waals surface area contributed by atoms with Gasteiger partial charge in [0.05, 0.1) is 26.7 Å². The number of nitrogens with zero attached hydrogens (tertiary/aromatic N) is 2. The summed E-state index contributed by atoms with van der Waals surface area (Å²) in [4.78, 5) is 10.7. The van der Waals surface area contributed by atoms with Crippen LogP contribution < -0.4 is 4.74 Å². The van der Waals surface area contributed by atoms with E-state index in [0.717, 1.165) is 12.8 Å². The van der Waals surface area contributed by atoms with Crippen molar-refractivity contribution in [1.29, 1.82) is 5.26 Å². The Morgan fingerprint density at radius 1 is 1.48 bits per heavy atom. The maximum absolute atomic E-state index is 11.2. The minimum absolute atomic E-state index is 0.103. The van der Waals surface area contributed by atoms with Crippen molar-refractivity contribution < 1.29 is 9.66 Å². The molecule has 0 aliphatic rings. The first-order valence-electron chi connectivity index (χ1n) is 6.54. The number of thiol groups is 1. The second-order valence-electron chi connectivity index (χ2n) is 4.83. The van der Waals surface area contributed by atoms with Gasteiger partial charge >= 0.3 is 5.69 Å². The molecule has 21 heavy (non-hydrogen) atoms. The van der Waals surface area contributed by atoms with Crippen molar-refractivity contribution >= 4 is 40.9 Å². The molecule has 0 bridgehead atoms. The molecule has 0 fully saturated rings. The Labute approximate surface area is 143 Å². The quantitative estimate of drug-likeness (QED) is 0.311. The van der Waals surface area contributed by atoms with Gasteiger partial charge in [-0.15, -0.1) is 0 Å². The molecule has 0 atom stereocenters. The number of hydrogen-bond donors (Lipinski definition) is 1. The molecule has 114 valence electrons. The van der Waals surface area contributed by atoms with Gasteiger partial charge in [0, 0.05) is 11.5 Å². The van der Waals surface area contributed by atoms with Crippen LogP contribution in [0.2, 0.25) is 0 Å². The fourth-order valence-corrected chi connectivity index (χ4v) is 3.18. The summed E-state index contributed by atoms with van der Waals surface area (Å²) in [5.74, 6) is 0.883. The Morgan fingerprint density at radius 3 is 2.52 bits per heavy atom. The van der Waals surface area contributed by atoms with Crippen LogP contribution in [-0.2, 0) is 0 Å². The topological polar surface area (TPSA) is 76.2 Å². The fraction of sp³-hybridized carbons (Fsp3) is 0.500. The molecular weight excluding hydrogens is 403 g/mol. The lowest BCUT2D eigenvalue weighted by molar-refractivity contribution is -0.386. The van der Waals surface area contributed by atoms with Crippen LogP contribution in [-0.4, -0.2) is 17.3 Å². The lowest BCUT2D eigenvalue weighted by Crippen LogP contribution is -2.29. The molecule has 0 spiro atoms. The molecule has 5 nitrogen and oxygen atoms in total. The smallest absolute Gasteiger partial charge is 0.313 e. The standard InChI is InChI=1S/C14H17IN2O3S/c1-3-14(4-2,9-21)8-20-13-11(15)5-10(7-16)6-12(13)17(18)19/h5-6,21H,3-4,8-9H2,1-2H3. The molecule has 0 radical (unpaired) electrons. The van der Waals surface area contributed by atoms with E-state index in [1.807, 2.05) is 28.7 Å². The van der Waals surface area contributed by atoms with Gasteiger partial charge in [-0.2, -0.15) is 17.9 Å². The van der Waals surface area contributed by atoms with Crippen LogP contribution in [0, 0.1) is 30.4 Å². The van der Waals surface area contributed by atoms with Crippen molar-refractivity contribution in [2.75, 3.05) is 12.4 Å². The average molecular weight is 420 g/mol. The molecule has 0 saturated carbocycles. The molecule has 0 heterocycles. The van der Waals surface area contributed by atoms with Crippen molar-refractivity contribution in [2.24, 2.45) is 5.41 Å². The number of halogens is 1. The fourth-order valence-electron chi connectivity index (χ4n) is 1.87. The van der Waals surface area contributed by atoms with Crippen molar-refractivity contribution in [1.82, 2.24) is 0 Å². The lowest BCUT2D eigenvalue weighted by Gasteiger charge is -2.29. The highest BCUT2D eigenvalue weighted by Gasteiger charge is 2.28. The van der Waals surface area contributed by atoms with E-state index in [0.29, 0.717) is 15.9 Å². The molecule has 1 aromatic rings. The zero-order valence-corrected chi connectivity index (χ0v) is 15.0. The number of nitriles is 1. The minimum atomic E-state index is -0.515. The Morgan fingerprint density at radius 2 is 2.10 bits per heavy atom. The number of benzene rings is 1. The number of hydrogen-bond acceptors (Lipinski definition) is 5. The first-order chi connectivity index (χ1) is 9.92. The number of rotatable bonds is 7. The predicted octanol–water partition coefficient (Wildman–Crippen LogP) is 4.19. The Hall–Kier alpha value is -1.01. The number of nitro groups is 1. The van der Waals surface area contributed by atoms with Gasteiger partial charge in [0.1, 0.15) is 0 Å². The lowest BCUT2D eigenvalue weighted by atomic mass is 9.85. The summed E-state index contributed by atoms with van der Waals surface area (Å²) in [6.45, 7) is 4.48. The largest absolute Gasteiger partial charge is 0.485 e. The van der Waals surface area contributed by atoms with Gasteiger partial charge in [-0.05, 0) is 47.3 Å². The summed E-state index contributed by atoms with van der Waals surface area (Å²) in [6, 6.07) is 4.75. The maximum atomic E-state index is 11.2. The van der Waals surface area contributed by atoms with Crippen LogP contribution in [0.15, 0.2) is 12.1 Å². The van der Waals surface area contributed by atoms with E-state index in [-0.39, 0.29) is 22.4 Å². The number of nitro benzene ring substituents is 1. The summed E-state index contributed by atoms with van der Waals surface area (Å²) in [6.07, 6.45) is 1.77. The van der Waals surface area contributed by atoms with Crippen molar-refractivity contribution in [3.8, 4) is 11.8 Å². The third kappa shape index (κ3) is 4.23. The van der Waals surface area contributed by atoms with E-state index in [1.54, 1.807) is 6.07 Å². The van der Waals surface area contributed by atoms with E-state index < -0.39 is 4.92 Å². The SMILES string of the molecule is CCC(CC)(CS)COc1c(I)cc(C#N)cc1[N+](=O)[O-]. The number of ether oxygens (including phenoxy) is 1. The second kappa shape index (κ2) is 7.84. The average Bonchev–Trinajstić information content (AvgIpc) is 2.49. The summed E-state index contributed by atoms with van der Waals surface area (Å²) in [5.41, 5.74) is -0.0165. The van der Waals surface area contributed by atoms with E-state index in [1.165, 1.54) is 6.07 Å². The molecule has 1 aromatic carbocycles. The molecule has 0 N–H and O–H groups in total. The summed E-state index contributed by atoms with van der Waals surface area (Å²) >= 11 is 6.33. The van der Waals surface area contributed by atoms with Crippen molar-refractivity contribution in [3.05, 3.63) is 31.4 Å². The molecule has 0 saturated heterocycles. The van der Waals surface area contributed by atoms with Gasteiger partial charge in [0.15, 0.2) is 0 Å². The van der Waals surface area contributed by atoms with Crippen LogP contribution in [0.25, 0.3) is 0 Å². The highest BCUT2D eigenvalue weighted by atomic mass is 127. The predicted molar refractivity (Wildman–Crippen MR) is 92.9 cm³/mol. The van der Waals surface area contributed by atoms with Crippen LogP contribution >= 0.6 is 35.2 Å². The minimum Gasteiger partial charge on any atom is -0.485 e. The molecule has 0 unspecified atom stereocenters. The summed E-state index contributed by atoms with van der Waals surface area (Å²) in [5, 5.41) is 20.1. The van der Waals surface area contributed by atoms with Crippen LogP contribution in [0.4, 0.5) is 5.69 Å². The van der Waals surface area contributed by atoms with Gasteiger partial charge in [0.25, 0.3) is 0 Å². The summed E-state index contributed by atoms with van der Waals surface area (Å²) in [7, 11) is 0. The van der Waals surface area contributed by atoms with E-state index in [4.69, 9.17) is 10.00 Å². The zero-order valence-electron chi connectivity index (χ0n) is 11.9.